The zero-order valence-electron chi connectivity index (χ0n) is 21.1. The summed E-state index contributed by atoms with van der Waals surface area (Å²) in [6.07, 6.45) is 9.65. The molecule has 7 nitrogen and oxygen atoms in total. The molecule has 0 aliphatic carbocycles. The molecule has 0 aliphatic heterocycles. The van der Waals surface area contributed by atoms with Crippen LogP contribution in [0.3, 0.4) is 0 Å². The Kier molecular flexibility index (Phi) is 5.90. The van der Waals surface area contributed by atoms with Gasteiger partial charge in [-0.2, -0.15) is 9.49 Å². The average molecular weight is 544 g/mol. The third-order valence-electron chi connectivity index (χ3n) is 6.72. The molecule has 7 aromatic rings. The first kappa shape index (κ1) is 23.9. The predicted molar refractivity (Wildman–Crippen MR) is 158 cm³/mol. The van der Waals surface area contributed by atoms with E-state index in [1.54, 1.807) is 30.9 Å². The third kappa shape index (κ3) is 4.52. The number of rotatable bonds is 7. The van der Waals surface area contributed by atoms with Crippen LogP contribution in [0.2, 0.25) is 0 Å². The van der Waals surface area contributed by atoms with E-state index in [9.17, 15) is 4.39 Å². The van der Waals surface area contributed by atoms with E-state index in [4.69, 9.17) is 0 Å². The SMILES string of the molecule is C=C(Cc1ccccc1)Nc1cncc(-c2cnc3n[nH]c(-c4cc5c(-c6ccc(F)s6)cncc5[nH]4)c3c2)c1. The number of thiophene rings is 1. The van der Waals surface area contributed by atoms with Crippen molar-refractivity contribution < 1.29 is 4.39 Å². The minimum absolute atomic E-state index is 0.227. The van der Waals surface area contributed by atoms with Crippen LogP contribution in [0.5, 0.6) is 0 Å². The van der Waals surface area contributed by atoms with Gasteiger partial charge >= 0.3 is 0 Å². The highest BCUT2D eigenvalue weighted by molar-refractivity contribution is 7.14. The molecule has 194 valence electrons. The molecule has 1 aromatic carbocycles. The number of H-pyrrole nitrogens is 2. The van der Waals surface area contributed by atoms with E-state index in [2.05, 4.69) is 60.2 Å². The first-order valence-electron chi connectivity index (χ1n) is 12.6. The summed E-state index contributed by atoms with van der Waals surface area (Å²) in [4.78, 5) is 17.7. The lowest BCUT2D eigenvalue weighted by molar-refractivity contribution is 0.657. The molecule has 0 saturated carbocycles. The summed E-state index contributed by atoms with van der Waals surface area (Å²) in [5, 5.41) is 12.5. The highest BCUT2D eigenvalue weighted by atomic mass is 32.1. The Morgan fingerprint density at radius 2 is 1.75 bits per heavy atom. The smallest absolute Gasteiger partial charge is 0.181 e. The molecule has 6 aromatic heterocycles. The number of halogens is 1. The van der Waals surface area contributed by atoms with Crippen molar-refractivity contribution in [3.05, 3.63) is 115 Å². The van der Waals surface area contributed by atoms with Crippen LogP contribution in [0.4, 0.5) is 10.1 Å². The third-order valence-corrected chi connectivity index (χ3v) is 7.62. The van der Waals surface area contributed by atoms with E-state index < -0.39 is 0 Å². The van der Waals surface area contributed by atoms with Gasteiger partial charge in [0.05, 0.1) is 35.0 Å². The van der Waals surface area contributed by atoms with Gasteiger partial charge in [0.1, 0.15) is 0 Å². The van der Waals surface area contributed by atoms with Gasteiger partial charge in [-0.25, -0.2) is 4.98 Å². The number of aromatic nitrogens is 6. The second kappa shape index (κ2) is 9.87. The lowest BCUT2D eigenvalue weighted by Gasteiger charge is -2.11. The number of aromatic amines is 2. The summed E-state index contributed by atoms with van der Waals surface area (Å²) < 4.78 is 13.7. The van der Waals surface area contributed by atoms with Crippen molar-refractivity contribution in [2.24, 2.45) is 0 Å². The summed E-state index contributed by atoms with van der Waals surface area (Å²) in [5.74, 6) is 0. The molecule has 6 heterocycles. The Balaban J connectivity index is 1.21. The molecular formula is C31H22FN7S. The molecule has 3 N–H and O–H groups in total. The van der Waals surface area contributed by atoms with Crippen LogP contribution >= 0.6 is 11.3 Å². The van der Waals surface area contributed by atoms with E-state index in [1.165, 1.54) is 11.6 Å². The molecule has 0 fully saturated rings. The summed E-state index contributed by atoms with van der Waals surface area (Å²) in [7, 11) is 0. The lowest BCUT2D eigenvalue weighted by atomic mass is 10.1. The molecule has 0 amide bonds. The Morgan fingerprint density at radius 3 is 2.60 bits per heavy atom. The Morgan fingerprint density at radius 1 is 0.900 bits per heavy atom. The number of benzene rings is 1. The van der Waals surface area contributed by atoms with E-state index >= 15 is 0 Å². The molecular weight excluding hydrogens is 521 g/mol. The van der Waals surface area contributed by atoms with Gasteiger partial charge in [0.2, 0.25) is 0 Å². The summed E-state index contributed by atoms with van der Waals surface area (Å²) in [6.45, 7) is 4.18. The summed E-state index contributed by atoms with van der Waals surface area (Å²) in [6, 6.07) is 19.6. The van der Waals surface area contributed by atoms with Gasteiger partial charge in [-0.1, -0.05) is 36.9 Å². The van der Waals surface area contributed by atoms with Crippen LogP contribution in [0, 0.1) is 5.13 Å². The maximum Gasteiger partial charge on any atom is 0.181 e. The average Bonchev–Trinajstić information content (AvgIpc) is 3.71. The Bertz CT molecular complexity index is 2010. The van der Waals surface area contributed by atoms with Gasteiger partial charge in [-0.15, -0.1) is 11.3 Å². The van der Waals surface area contributed by atoms with Crippen LogP contribution < -0.4 is 5.32 Å². The summed E-state index contributed by atoms with van der Waals surface area (Å²) >= 11 is 1.10. The number of pyridine rings is 3. The first-order chi connectivity index (χ1) is 19.6. The van der Waals surface area contributed by atoms with Crippen molar-refractivity contribution in [1.29, 1.82) is 0 Å². The molecule has 0 bridgehead atoms. The van der Waals surface area contributed by atoms with Crippen LogP contribution in [0.15, 0.2) is 104 Å². The molecule has 0 radical (unpaired) electrons. The van der Waals surface area contributed by atoms with E-state index in [1.807, 2.05) is 36.5 Å². The fraction of sp³-hybridized carbons (Fsp3) is 0.0323. The minimum Gasteiger partial charge on any atom is -0.358 e. The van der Waals surface area contributed by atoms with Gasteiger partial charge in [0.15, 0.2) is 10.8 Å². The van der Waals surface area contributed by atoms with E-state index in [0.717, 1.165) is 78.4 Å². The molecule has 0 unspecified atom stereocenters. The number of nitrogens with zero attached hydrogens (tertiary/aromatic N) is 4. The largest absolute Gasteiger partial charge is 0.358 e. The van der Waals surface area contributed by atoms with Crippen LogP contribution in [-0.4, -0.2) is 30.1 Å². The molecule has 0 aliphatic rings. The number of anilines is 1. The monoisotopic (exact) mass is 543 g/mol. The highest BCUT2D eigenvalue weighted by Gasteiger charge is 2.16. The maximum atomic E-state index is 13.7. The Hall–Kier alpha value is -5.15. The second-order valence-electron chi connectivity index (χ2n) is 9.48. The van der Waals surface area contributed by atoms with Crippen LogP contribution in [0.1, 0.15) is 5.56 Å². The molecule has 0 spiro atoms. The molecule has 9 heteroatoms. The molecule has 40 heavy (non-hydrogen) atoms. The van der Waals surface area contributed by atoms with Gasteiger partial charge in [0.25, 0.3) is 0 Å². The van der Waals surface area contributed by atoms with Gasteiger partial charge in [0, 0.05) is 63.0 Å². The van der Waals surface area contributed by atoms with Crippen molar-refractivity contribution in [2.45, 2.75) is 6.42 Å². The predicted octanol–water partition coefficient (Wildman–Crippen LogP) is 7.60. The van der Waals surface area contributed by atoms with Crippen molar-refractivity contribution >= 4 is 39.0 Å². The van der Waals surface area contributed by atoms with E-state index in [0.29, 0.717) is 5.65 Å². The van der Waals surface area contributed by atoms with Crippen LogP contribution in [0.25, 0.3) is 54.9 Å². The van der Waals surface area contributed by atoms with Crippen molar-refractivity contribution in [3.63, 3.8) is 0 Å². The topological polar surface area (TPSA) is 95.2 Å². The molecule has 7 rings (SSSR count). The second-order valence-corrected chi connectivity index (χ2v) is 10.5. The number of fused-ring (bicyclic) bond motifs is 2. The van der Waals surface area contributed by atoms with Gasteiger partial charge in [-0.3, -0.25) is 15.1 Å². The number of hydrogen-bond acceptors (Lipinski definition) is 6. The fourth-order valence-corrected chi connectivity index (χ4v) is 5.62. The quantitative estimate of drug-likeness (QED) is 0.192. The van der Waals surface area contributed by atoms with Gasteiger partial charge in [-0.05, 0) is 35.9 Å². The maximum absolute atomic E-state index is 13.7. The zero-order chi connectivity index (χ0) is 27.1. The van der Waals surface area contributed by atoms with Crippen molar-refractivity contribution in [3.8, 4) is 33.0 Å². The van der Waals surface area contributed by atoms with Crippen molar-refractivity contribution in [1.82, 2.24) is 30.1 Å². The minimum atomic E-state index is -0.227. The normalized spacial score (nSPS) is 11.3. The number of hydrogen-bond donors (Lipinski definition) is 3. The molecule has 0 atom stereocenters. The van der Waals surface area contributed by atoms with Crippen molar-refractivity contribution in [2.75, 3.05) is 5.32 Å². The van der Waals surface area contributed by atoms with E-state index in [-0.39, 0.29) is 5.13 Å². The van der Waals surface area contributed by atoms with Crippen LogP contribution in [-0.2, 0) is 6.42 Å². The number of nitrogens with one attached hydrogen (secondary N) is 3. The standard InChI is InChI=1S/C31H22FN7S/c1-18(9-19-5-3-2-4-6-19)36-22-10-20(13-33-15-22)21-11-24-30(38-39-31(24)35-14-21)26-12-23-25(16-34-17-27(23)37-26)28-7-8-29(32)40-28/h2-8,10-17,36-37H,1,9H2,(H,35,38,39). The fourth-order valence-electron chi connectivity index (χ4n) is 4.86. The first-order valence-corrected chi connectivity index (χ1v) is 13.4. The van der Waals surface area contributed by atoms with Gasteiger partial charge < -0.3 is 10.3 Å². The lowest BCUT2D eigenvalue weighted by Crippen LogP contribution is -2.02. The summed E-state index contributed by atoms with van der Waals surface area (Å²) in [5.41, 5.74) is 8.74. The number of allylic oxidation sites excluding steroid dienone is 1. The molecule has 0 saturated heterocycles. The Labute approximate surface area is 232 Å². The highest BCUT2D eigenvalue weighted by Crippen LogP contribution is 2.36. The zero-order valence-corrected chi connectivity index (χ0v) is 22.0.